The molecular formula is C16H21N3O3. The van der Waals surface area contributed by atoms with Gasteiger partial charge >= 0.3 is 5.97 Å². The van der Waals surface area contributed by atoms with Crippen molar-refractivity contribution in [2.24, 2.45) is 5.73 Å². The number of carbonyl (C=O) groups is 1. The summed E-state index contributed by atoms with van der Waals surface area (Å²) in [7, 11) is 1.62. The smallest absolute Gasteiger partial charge is 0.320 e. The van der Waals surface area contributed by atoms with Crippen LogP contribution in [0.15, 0.2) is 30.6 Å². The highest BCUT2D eigenvalue weighted by Crippen LogP contribution is 2.22. The summed E-state index contributed by atoms with van der Waals surface area (Å²) >= 11 is 0. The predicted molar refractivity (Wildman–Crippen MR) is 83.0 cm³/mol. The number of carboxylic acids is 1. The predicted octanol–water partition coefficient (Wildman–Crippen LogP) is 1.46. The lowest BCUT2D eigenvalue weighted by molar-refractivity contribution is -0.138. The number of imidazole rings is 1. The van der Waals surface area contributed by atoms with Gasteiger partial charge in [-0.25, -0.2) is 4.98 Å². The molecule has 22 heavy (non-hydrogen) atoms. The molecule has 0 saturated heterocycles. The molecule has 0 aliphatic heterocycles. The zero-order chi connectivity index (χ0) is 16.1. The second kappa shape index (κ2) is 7.09. The first-order valence-corrected chi connectivity index (χ1v) is 7.19. The van der Waals surface area contributed by atoms with Crippen LogP contribution in [-0.4, -0.2) is 33.8 Å². The molecule has 0 spiro atoms. The zero-order valence-corrected chi connectivity index (χ0v) is 12.8. The summed E-state index contributed by atoms with van der Waals surface area (Å²) in [5.41, 5.74) is 7.46. The summed E-state index contributed by atoms with van der Waals surface area (Å²) in [6, 6.07) is 4.74. The van der Waals surface area contributed by atoms with E-state index >= 15 is 0 Å². The number of aliphatic carboxylic acids is 1. The first kappa shape index (κ1) is 16.0. The molecule has 0 fully saturated rings. The van der Waals surface area contributed by atoms with Crippen LogP contribution < -0.4 is 10.5 Å². The van der Waals surface area contributed by atoms with Crippen LogP contribution in [0.3, 0.4) is 0 Å². The van der Waals surface area contributed by atoms with E-state index in [0.29, 0.717) is 6.54 Å². The van der Waals surface area contributed by atoms with E-state index in [0.717, 1.165) is 29.1 Å². The number of carboxylic acid groups (broad SMARTS) is 1. The van der Waals surface area contributed by atoms with Crippen LogP contribution in [0.2, 0.25) is 0 Å². The minimum absolute atomic E-state index is 0.289. The van der Waals surface area contributed by atoms with Crippen molar-refractivity contribution in [2.45, 2.75) is 32.4 Å². The lowest BCUT2D eigenvalue weighted by atomic mass is 10.0. The largest absolute Gasteiger partial charge is 0.496 e. The maximum Gasteiger partial charge on any atom is 0.320 e. The minimum Gasteiger partial charge on any atom is -0.496 e. The highest BCUT2D eigenvalue weighted by atomic mass is 16.5. The first-order valence-electron chi connectivity index (χ1n) is 7.19. The quantitative estimate of drug-likeness (QED) is 0.808. The maximum absolute atomic E-state index is 10.9. The summed E-state index contributed by atoms with van der Waals surface area (Å²) in [6.45, 7) is 2.68. The molecule has 1 atom stereocenters. The fourth-order valence-corrected chi connectivity index (χ4v) is 2.41. The lowest BCUT2D eigenvalue weighted by Crippen LogP contribution is -2.32. The van der Waals surface area contributed by atoms with E-state index in [-0.39, 0.29) is 6.42 Å². The number of ether oxygens (including phenoxy) is 1. The topological polar surface area (TPSA) is 90.4 Å². The molecule has 3 N–H and O–H groups in total. The number of nitrogens with zero attached hydrogens (tertiary/aromatic N) is 2. The molecule has 0 saturated carbocycles. The summed E-state index contributed by atoms with van der Waals surface area (Å²) in [5, 5.41) is 8.93. The monoisotopic (exact) mass is 303 g/mol. The molecule has 1 aromatic carbocycles. The Bertz CT molecular complexity index is 652. The van der Waals surface area contributed by atoms with Crippen LogP contribution in [-0.2, 0) is 24.2 Å². The van der Waals surface area contributed by atoms with Crippen molar-refractivity contribution in [3.63, 3.8) is 0 Å². The molecule has 6 nitrogen and oxygen atoms in total. The Morgan fingerprint density at radius 3 is 2.91 bits per heavy atom. The lowest BCUT2D eigenvalue weighted by Gasteiger charge is -2.14. The van der Waals surface area contributed by atoms with Crippen LogP contribution in [0, 0.1) is 0 Å². The van der Waals surface area contributed by atoms with Crippen molar-refractivity contribution in [1.29, 1.82) is 0 Å². The van der Waals surface area contributed by atoms with E-state index in [1.54, 1.807) is 13.3 Å². The number of benzene rings is 1. The number of nitrogens with two attached hydrogens (primary N) is 1. The fourth-order valence-electron chi connectivity index (χ4n) is 2.41. The van der Waals surface area contributed by atoms with Gasteiger partial charge in [0.2, 0.25) is 0 Å². The zero-order valence-electron chi connectivity index (χ0n) is 12.8. The van der Waals surface area contributed by atoms with Gasteiger partial charge in [0, 0.05) is 24.4 Å². The van der Waals surface area contributed by atoms with E-state index in [4.69, 9.17) is 15.6 Å². The Kier molecular flexibility index (Phi) is 5.16. The minimum atomic E-state index is -1.000. The molecule has 0 bridgehead atoms. The third-order valence-corrected chi connectivity index (χ3v) is 3.58. The van der Waals surface area contributed by atoms with Gasteiger partial charge in [-0.3, -0.25) is 4.79 Å². The molecule has 2 aromatic rings. The maximum atomic E-state index is 10.9. The van der Waals surface area contributed by atoms with Crippen molar-refractivity contribution >= 4 is 5.97 Å². The van der Waals surface area contributed by atoms with Gasteiger partial charge in [-0.2, -0.15) is 0 Å². The van der Waals surface area contributed by atoms with Crippen LogP contribution >= 0.6 is 0 Å². The van der Waals surface area contributed by atoms with E-state index in [1.807, 2.05) is 24.4 Å². The van der Waals surface area contributed by atoms with Gasteiger partial charge in [0.1, 0.15) is 17.6 Å². The number of hydrogen-bond acceptors (Lipinski definition) is 4. The van der Waals surface area contributed by atoms with E-state index in [2.05, 4.69) is 16.5 Å². The van der Waals surface area contributed by atoms with Crippen molar-refractivity contribution in [3.05, 3.63) is 47.5 Å². The molecule has 2 rings (SSSR count). The summed E-state index contributed by atoms with van der Waals surface area (Å²) in [5.74, 6) is 0.762. The van der Waals surface area contributed by atoms with E-state index in [9.17, 15) is 4.79 Å². The molecule has 1 heterocycles. The SMILES string of the molecule is CCc1nccn1Cc1cc(CC(N)C(=O)O)ccc1OC. The summed E-state index contributed by atoms with van der Waals surface area (Å²) in [6.07, 6.45) is 4.83. The fraction of sp³-hybridized carbons (Fsp3) is 0.375. The molecule has 118 valence electrons. The third kappa shape index (κ3) is 3.65. The average Bonchev–Trinajstić information content (AvgIpc) is 2.94. The average molecular weight is 303 g/mol. The highest BCUT2D eigenvalue weighted by molar-refractivity contribution is 5.73. The molecule has 1 aromatic heterocycles. The summed E-state index contributed by atoms with van der Waals surface area (Å²) < 4.78 is 7.45. The van der Waals surface area contributed by atoms with Crippen LogP contribution in [0.4, 0.5) is 0 Å². The Hall–Kier alpha value is -2.34. The van der Waals surface area contributed by atoms with Gasteiger partial charge in [-0.1, -0.05) is 19.1 Å². The van der Waals surface area contributed by atoms with Gasteiger partial charge in [-0.15, -0.1) is 0 Å². The standard InChI is InChI=1S/C16H21N3O3/c1-3-15-18-6-7-19(15)10-12-8-11(4-5-14(12)22-2)9-13(17)16(20)21/h4-8,13H,3,9-10,17H2,1-2H3,(H,20,21). The summed E-state index contributed by atoms with van der Waals surface area (Å²) in [4.78, 5) is 15.2. The second-order valence-corrected chi connectivity index (χ2v) is 5.12. The third-order valence-electron chi connectivity index (χ3n) is 3.58. The Labute approximate surface area is 129 Å². The van der Waals surface area contributed by atoms with Crippen molar-refractivity contribution < 1.29 is 14.6 Å². The number of aromatic nitrogens is 2. The van der Waals surface area contributed by atoms with Crippen molar-refractivity contribution in [3.8, 4) is 5.75 Å². The molecule has 1 unspecified atom stereocenters. The Morgan fingerprint density at radius 1 is 1.50 bits per heavy atom. The van der Waals surface area contributed by atoms with Crippen LogP contribution in [0.1, 0.15) is 23.9 Å². The van der Waals surface area contributed by atoms with Crippen molar-refractivity contribution in [2.75, 3.05) is 7.11 Å². The van der Waals surface area contributed by atoms with Crippen LogP contribution in [0.5, 0.6) is 5.75 Å². The molecule has 6 heteroatoms. The van der Waals surface area contributed by atoms with Crippen LogP contribution in [0.25, 0.3) is 0 Å². The normalized spacial score (nSPS) is 12.1. The van der Waals surface area contributed by atoms with E-state index in [1.165, 1.54) is 0 Å². The van der Waals surface area contributed by atoms with Gasteiger partial charge < -0.3 is 20.1 Å². The molecule has 0 aliphatic rings. The number of rotatable bonds is 7. The van der Waals surface area contributed by atoms with Gasteiger partial charge in [0.25, 0.3) is 0 Å². The Morgan fingerprint density at radius 2 is 2.27 bits per heavy atom. The number of methoxy groups -OCH3 is 1. The van der Waals surface area contributed by atoms with Gasteiger partial charge in [0.05, 0.1) is 13.7 Å². The number of aryl methyl sites for hydroxylation is 1. The molecule has 0 amide bonds. The second-order valence-electron chi connectivity index (χ2n) is 5.12. The van der Waals surface area contributed by atoms with Crippen molar-refractivity contribution in [1.82, 2.24) is 9.55 Å². The molecular weight excluding hydrogens is 282 g/mol. The van der Waals surface area contributed by atoms with E-state index < -0.39 is 12.0 Å². The van der Waals surface area contributed by atoms with Gasteiger partial charge in [0.15, 0.2) is 0 Å². The van der Waals surface area contributed by atoms with Gasteiger partial charge in [-0.05, 0) is 18.1 Å². The Balaban J connectivity index is 2.26. The first-order chi connectivity index (χ1) is 10.5. The number of hydrogen-bond donors (Lipinski definition) is 2. The highest BCUT2D eigenvalue weighted by Gasteiger charge is 2.14. The molecule has 0 aliphatic carbocycles. The molecule has 0 radical (unpaired) electrons.